The number of ether oxygens (including phenoxy) is 1. The highest BCUT2D eigenvalue weighted by molar-refractivity contribution is 7.89. The molecule has 10 nitrogen and oxygen atoms in total. The molecule has 0 radical (unpaired) electrons. The lowest BCUT2D eigenvalue weighted by Gasteiger charge is -2.26. The van der Waals surface area contributed by atoms with Crippen molar-refractivity contribution < 1.29 is 22.9 Å². The van der Waals surface area contributed by atoms with E-state index in [1.54, 1.807) is 6.07 Å². The topological polar surface area (TPSA) is 124 Å². The van der Waals surface area contributed by atoms with Crippen molar-refractivity contribution in [1.29, 1.82) is 0 Å². The summed E-state index contributed by atoms with van der Waals surface area (Å²) in [6, 6.07) is 10.3. The number of thiazole rings is 1. The number of benzene rings is 2. The molecule has 4 rings (SSSR count). The van der Waals surface area contributed by atoms with Crippen molar-refractivity contribution in [3.8, 4) is 0 Å². The summed E-state index contributed by atoms with van der Waals surface area (Å²) in [4.78, 5) is 28.2. The Hall–Kier alpha value is -2.93. The van der Waals surface area contributed by atoms with Gasteiger partial charge in [-0.1, -0.05) is 18.3 Å². The average molecular weight is 491 g/mol. The van der Waals surface area contributed by atoms with Gasteiger partial charge in [0.25, 0.3) is 11.6 Å². The number of nitrogens with zero attached hydrogens (tertiary/aromatic N) is 4. The molecule has 0 N–H and O–H groups in total. The van der Waals surface area contributed by atoms with Gasteiger partial charge < -0.3 is 9.30 Å². The zero-order chi connectivity index (χ0) is 23.6. The quantitative estimate of drug-likeness (QED) is 0.387. The fraction of sp³-hybridized carbons (Fsp3) is 0.333. The molecule has 0 saturated carbocycles. The number of fused-ring (bicyclic) bond motifs is 1. The van der Waals surface area contributed by atoms with Gasteiger partial charge in [-0.25, -0.2) is 8.42 Å². The average Bonchev–Trinajstić information content (AvgIpc) is 3.16. The Bertz CT molecular complexity index is 1370. The smallest absolute Gasteiger partial charge is 0.279 e. The molecule has 174 valence electrons. The summed E-state index contributed by atoms with van der Waals surface area (Å²) >= 11 is 1.20. The third-order valence-corrected chi connectivity index (χ3v) is 8.18. The van der Waals surface area contributed by atoms with Crippen molar-refractivity contribution in [3.63, 3.8) is 0 Å². The van der Waals surface area contributed by atoms with Crippen molar-refractivity contribution in [3.05, 3.63) is 62.9 Å². The lowest BCUT2D eigenvalue weighted by atomic mass is 10.2. The van der Waals surface area contributed by atoms with Gasteiger partial charge in [-0.15, -0.1) is 0 Å². The van der Waals surface area contributed by atoms with Crippen LogP contribution in [0.1, 0.15) is 23.7 Å². The van der Waals surface area contributed by atoms with E-state index in [1.807, 2.05) is 11.5 Å². The summed E-state index contributed by atoms with van der Waals surface area (Å²) in [6.45, 7) is 3.87. The summed E-state index contributed by atoms with van der Waals surface area (Å²) in [5.41, 5.74) is 0.996. The second-order valence-electron chi connectivity index (χ2n) is 7.40. The Balaban J connectivity index is 1.66. The fourth-order valence-corrected chi connectivity index (χ4v) is 6.05. The molecule has 2 aromatic carbocycles. The highest BCUT2D eigenvalue weighted by Gasteiger charge is 2.26. The lowest BCUT2D eigenvalue weighted by Crippen LogP contribution is -2.40. The molecule has 1 saturated heterocycles. The molecule has 1 aromatic heterocycles. The SMILES string of the molecule is CCCn1c(=NC(=O)c2ccc(S(=O)(=O)N3CCOCC3)cc2)sc2cc([N+](=O)[O-])ccc21. The van der Waals surface area contributed by atoms with Gasteiger partial charge in [0.05, 0.1) is 33.2 Å². The van der Waals surface area contributed by atoms with Gasteiger partial charge in [0.2, 0.25) is 10.0 Å². The number of amides is 1. The zero-order valence-electron chi connectivity index (χ0n) is 17.8. The van der Waals surface area contributed by atoms with Gasteiger partial charge in [-0.05, 0) is 36.8 Å². The van der Waals surface area contributed by atoms with Gasteiger partial charge in [-0.3, -0.25) is 14.9 Å². The highest BCUT2D eigenvalue weighted by atomic mass is 32.2. The van der Waals surface area contributed by atoms with Crippen LogP contribution in [0.2, 0.25) is 0 Å². The Morgan fingerprint density at radius 1 is 1.18 bits per heavy atom. The van der Waals surface area contributed by atoms with E-state index >= 15 is 0 Å². The zero-order valence-corrected chi connectivity index (χ0v) is 19.5. The minimum atomic E-state index is -3.65. The van der Waals surface area contributed by atoms with E-state index in [9.17, 15) is 23.3 Å². The van der Waals surface area contributed by atoms with E-state index < -0.39 is 20.9 Å². The van der Waals surface area contributed by atoms with Crippen LogP contribution in [0.25, 0.3) is 10.2 Å². The number of sulfonamides is 1. The van der Waals surface area contributed by atoms with Crippen LogP contribution in [0.5, 0.6) is 0 Å². The molecule has 33 heavy (non-hydrogen) atoms. The molecule has 1 aliphatic heterocycles. The van der Waals surface area contributed by atoms with E-state index in [4.69, 9.17) is 4.74 Å². The number of non-ortho nitro benzene ring substituents is 1. The minimum absolute atomic E-state index is 0.0256. The molecule has 1 fully saturated rings. The van der Waals surface area contributed by atoms with Gasteiger partial charge in [0.15, 0.2) is 4.80 Å². The van der Waals surface area contributed by atoms with Crippen molar-refractivity contribution in [2.24, 2.45) is 4.99 Å². The lowest BCUT2D eigenvalue weighted by molar-refractivity contribution is -0.384. The van der Waals surface area contributed by atoms with E-state index in [-0.39, 0.29) is 16.1 Å². The summed E-state index contributed by atoms with van der Waals surface area (Å²) in [6.07, 6.45) is 0.790. The van der Waals surface area contributed by atoms with Crippen LogP contribution in [-0.2, 0) is 21.3 Å². The first-order valence-electron chi connectivity index (χ1n) is 10.4. The highest BCUT2D eigenvalue weighted by Crippen LogP contribution is 2.24. The van der Waals surface area contributed by atoms with Crippen molar-refractivity contribution in [2.45, 2.75) is 24.8 Å². The first kappa shape index (κ1) is 23.2. The largest absolute Gasteiger partial charge is 0.379 e. The number of aromatic nitrogens is 1. The Morgan fingerprint density at radius 2 is 1.88 bits per heavy atom. The number of nitro groups is 1. The van der Waals surface area contributed by atoms with E-state index in [1.165, 1.54) is 52.0 Å². The van der Waals surface area contributed by atoms with Crippen LogP contribution < -0.4 is 4.80 Å². The van der Waals surface area contributed by atoms with E-state index in [0.29, 0.717) is 42.3 Å². The summed E-state index contributed by atoms with van der Waals surface area (Å²) in [5.74, 6) is -0.517. The molecule has 0 unspecified atom stereocenters. The molecular weight excluding hydrogens is 468 g/mol. The van der Waals surface area contributed by atoms with Crippen molar-refractivity contribution in [2.75, 3.05) is 26.3 Å². The number of aryl methyl sites for hydroxylation is 1. The van der Waals surface area contributed by atoms with E-state index in [2.05, 4.69) is 4.99 Å². The molecule has 0 aliphatic carbocycles. The Labute approximate surface area is 193 Å². The summed E-state index contributed by atoms with van der Waals surface area (Å²) in [7, 11) is -3.65. The Kier molecular flexibility index (Phi) is 6.70. The predicted octanol–water partition coefficient (Wildman–Crippen LogP) is 2.78. The standard InChI is InChI=1S/C21H22N4O6S2/c1-2-9-24-18-8-5-16(25(27)28)14-19(18)32-21(24)22-20(26)15-3-6-17(7-4-15)33(29,30)23-10-12-31-13-11-23/h3-8,14H,2,9-13H2,1H3. The number of hydrogen-bond acceptors (Lipinski definition) is 7. The van der Waals surface area contributed by atoms with Crippen molar-refractivity contribution >= 4 is 43.2 Å². The maximum atomic E-state index is 12.8. The second-order valence-corrected chi connectivity index (χ2v) is 10.4. The number of hydrogen-bond donors (Lipinski definition) is 0. The van der Waals surface area contributed by atoms with Gasteiger partial charge in [0, 0.05) is 37.3 Å². The monoisotopic (exact) mass is 490 g/mol. The number of rotatable bonds is 6. The first-order valence-corrected chi connectivity index (χ1v) is 12.6. The second kappa shape index (κ2) is 9.51. The number of nitro benzene ring substituents is 1. The normalized spacial score (nSPS) is 15.7. The third kappa shape index (κ3) is 4.74. The molecule has 12 heteroatoms. The van der Waals surface area contributed by atoms with Gasteiger partial charge in [0.1, 0.15) is 0 Å². The van der Waals surface area contributed by atoms with Gasteiger partial charge in [-0.2, -0.15) is 9.30 Å². The maximum absolute atomic E-state index is 12.8. The molecule has 0 spiro atoms. The van der Waals surface area contributed by atoms with Crippen LogP contribution >= 0.6 is 11.3 Å². The summed E-state index contributed by atoms with van der Waals surface area (Å²) in [5, 5.41) is 11.1. The molecule has 0 atom stereocenters. The van der Waals surface area contributed by atoms with Crippen molar-refractivity contribution in [1.82, 2.24) is 8.87 Å². The van der Waals surface area contributed by atoms with Crippen LogP contribution in [-0.4, -0.2) is 54.4 Å². The van der Waals surface area contributed by atoms with Crippen LogP contribution in [0.3, 0.4) is 0 Å². The van der Waals surface area contributed by atoms with Gasteiger partial charge >= 0.3 is 0 Å². The molecule has 3 aromatic rings. The molecule has 0 bridgehead atoms. The van der Waals surface area contributed by atoms with Crippen LogP contribution in [0, 0.1) is 10.1 Å². The molecule has 1 amide bonds. The number of carbonyl (C=O) groups is 1. The minimum Gasteiger partial charge on any atom is -0.379 e. The predicted molar refractivity (Wildman–Crippen MR) is 123 cm³/mol. The summed E-state index contributed by atoms with van der Waals surface area (Å²) < 4.78 is 34.6. The van der Waals surface area contributed by atoms with E-state index in [0.717, 1.165) is 11.9 Å². The Morgan fingerprint density at radius 3 is 2.52 bits per heavy atom. The fourth-order valence-electron chi connectivity index (χ4n) is 3.56. The van der Waals surface area contributed by atoms with Crippen LogP contribution in [0.15, 0.2) is 52.4 Å². The third-order valence-electron chi connectivity index (χ3n) is 5.23. The molecule has 1 aliphatic rings. The number of morpholine rings is 1. The first-order chi connectivity index (χ1) is 15.8. The molecule has 2 heterocycles. The van der Waals surface area contributed by atoms with Crippen LogP contribution in [0.4, 0.5) is 5.69 Å². The maximum Gasteiger partial charge on any atom is 0.279 e. The number of carbonyl (C=O) groups excluding carboxylic acids is 1. The molecular formula is C21H22N4O6S2.